The summed E-state index contributed by atoms with van der Waals surface area (Å²) in [7, 11) is 0. The molecule has 1 rings (SSSR count). The molecule has 1 atom stereocenters. The fourth-order valence-electron chi connectivity index (χ4n) is 0.967. The highest BCUT2D eigenvalue weighted by atomic mass is 16.1. The quantitative estimate of drug-likeness (QED) is 0.443. The van der Waals surface area contributed by atoms with Crippen molar-refractivity contribution < 1.29 is 9.59 Å². The Morgan fingerprint density at radius 2 is 2.18 bits per heavy atom. The lowest BCUT2D eigenvalue weighted by atomic mass is 10.0. The molecular weight excluding hydrogens is 140 g/mol. The van der Waals surface area contributed by atoms with Gasteiger partial charge >= 0.3 is 0 Å². The monoisotopic (exact) mass is 148 g/mol. The summed E-state index contributed by atoms with van der Waals surface area (Å²) in [6, 6.07) is 0. The normalized spacial score (nSPS) is 22.2. The molecule has 0 heterocycles. The highest BCUT2D eigenvalue weighted by Gasteiger charge is 2.09. The van der Waals surface area contributed by atoms with E-state index in [1.54, 1.807) is 12.2 Å². The average Bonchev–Trinajstić information content (AvgIpc) is 2.47. The van der Waals surface area contributed by atoms with Crippen molar-refractivity contribution in [2.75, 3.05) is 0 Å². The minimum Gasteiger partial charge on any atom is -0.299 e. The van der Waals surface area contributed by atoms with Gasteiger partial charge in [0.1, 0.15) is 12.6 Å². The predicted molar refractivity (Wildman–Crippen MR) is 42.0 cm³/mol. The highest BCUT2D eigenvalue weighted by Crippen LogP contribution is 2.17. The van der Waals surface area contributed by atoms with Crippen LogP contribution in [0, 0.1) is 5.92 Å². The third-order valence-corrected chi connectivity index (χ3v) is 1.53. The van der Waals surface area contributed by atoms with Crippen LogP contribution in [0.2, 0.25) is 0 Å². The van der Waals surface area contributed by atoms with Crippen LogP contribution in [0.25, 0.3) is 0 Å². The van der Waals surface area contributed by atoms with E-state index in [-0.39, 0.29) is 5.92 Å². The van der Waals surface area contributed by atoms with Crippen molar-refractivity contribution in [3.8, 4) is 0 Å². The smallest absolute Gasteiger partial charge is 0.146 e. The number of rotatable bonds is 3. The Labute approximate surface area is 64.9 Å². The molecule has 0 fully saturated rings. The fourth-order valence-corrected chi connectivity index (χ4v) is 0.967. The number of hydrogen-bond donors (Lipinski definition) is 0. The summed E-state index contributed by atoms with van der Waals surface area (Å²) < 4.78 is 0. The first-order valence-corrected chi connectivity index (χ1v) is 3.34. The predicted octanol–water partition coefficient (Wildman–Crippen LogP) is 1.05. The third kappa shape index (κ3) is 1.74. The third-order valence-electron chi connectivity index (χ3n) is 1.53. The van der Waals surface area contributed by atoms with Gasteiger partial charge in [-0.25, -0.2) is 0 Å². The Hall–Kier alpha value is -1.44. The van der Waals surface area contributed by atoms with Crippen molar-refractivity contribution in [1.29, 1.82) is 0 Å². The van der Waals surface area contributed by atoms with E-state index in [1.165, 1.54) is 6.08 Å². The molecule has 11 heavy (non-hydrogen) atoms. The van der Waals surface area contributed by atoms with Crippen molar-refractivity contribution in [1.82, 2.24) is 0 Å². The summed E-state index contributed by atoms with van der Waals surface area (Å²) in [6.45, 7) is 0. The van der Waals surface area contributed by atoms with Crippen molar-refractivity contribution >= 4 is 12.6 Å². The average molecular weight is 148 g/mol. The lowest BCUT2D eigenvalue weighted by Gasteiger charge is -1.99. The second-order valence-electron chi connectivity index (χ2n) is 2.22. The van der Waals surface area contributed by atoms with Gasteiger partial charge in [0.15, 0.2) is 0 Å². The molecule has 1 aliphatic carbocycles. The summed E-state index contributed by atoms with van der Waals surface area (Å²) in [5.41, 5.74) is 0.697. The number of hydrogen-bond acceptors (Lipinski definition) is 2. The number of allylic oxidation sites excluding steroid dienone is 6. The maximum absolute atomic E-state index is 10.4. The van der Waals surface area contributed by atoms with E-state index in [1.807, 2.05) is 12.2 Å². The zero-order valence-electron chi connectivity index (χ0n) is 5.94. The Morgan fingerprint density at radius 1 is 1.36 bits per heavy atom. The topological polar surface area (TPSA) is 34.1 Å². The van der Waals surface area contributed by atoms with Crippen LogP contribution in [0.4, 0.5) is 0 Å². The first kappa shape index (κ1) is 7.66. The summed E-state index contributed by atoms with van der Waals surface area (Å²) in [6.07, 6.45) is 10.0. The van der Waals surface area contributed by atoms with Crippen LogP contribution in [0.15, 0.2) is 36.0 Å². The second kappa shape index (κ2) is 3.66. The Morgan fingerprint density at radius 3 is 2.82 bits per heavy atom. The lowest BCUT2D eigenvalue weighted by Crippen LogP contribution is -1.94. The van der Waals surface area contributed by atoms with Gasteiger partial charge in [-0.05, 0) is 6.08 Å². The molecule has 56 valence electrons. The molecule has 0 aromatic carbocycles. The van der Waals surface area contributed by atoms with Crippen LogP contribution in [0.5, 0.6) is 0 Å². The number of carbonyl (C=O) groups is 2. The molecule has 2 heteroatoms. The standard InChI is InChI=1S/C9H8O2/c10-6-2-5-8-3-1-4-9(8)7-11/h1-8H/b5-2+. The van der Waals surface area contributed by atoms with Gasteiger partial charge in [0.2, 0.25) is 0 Å². The van der Waals surface area contributed by atoms with Crippen molar-refractivity contribution in [2.24, 2.45) is 5.92 Å². The van der Waals surface area contributed by atoms with Crippen LogP contribution < -0.4 is 0 Å². The molecule has 0 saturated heterocycles. The molecular formula is C9H8O2. The van der Waals surface area contributed by atoms with E-state index in [4.69, 9.17) is 0 Å². The maximum Gasteiger partial charge on any atom is 0.146 e. The number of carbonyl (C=O) groups excluding carboxylic acids is 2. The molecule has 0 N–H and O–H groups in total. The molecule has 0 spiro atoms. The molecule has 0 aromatic heterocycles. The maximum atomic E-state index is 10.4. The SMILES string of the molecule is O=C/C=C/C1C=CC=C1C=O. The van der Waals surface area contributed by atoms with Crippen LogP contribution >= 0.6 is 0 Å². The summed E-state index contributed by atoms with van der Waals surface area (Å²) >= 11 is 0. The van der Waals surface area contributed by atoms with Crippen LogP contribution in [-0.4, -0.2) is 12.6 Å². The minimum absolute atomic E-state index is 0.00213. The molecule has 1 unspecified atom stereocenters. The zero-order valence-corrected chi connectivity index (χ0v) is 5.94. The second-order valence-corrected chi connectivity index (χ2v) is 2.22. The van der Waals surface area contributed by atoms with Gasteiger partial charge < -0.3 is 0 Å². The summed E-state index contributed by atoms with van der Waals surface area (Å²) in [4.78, 5) is 20.3. The minimum atomic E-state index is -0.00213. The molecule has 0 bridgehead atoms. The highest BCUT2D eigenvalue weighted by molar-refractivity contribution is 5.78. The Balaban J connectivity index is 2.66. The molecule has 2 nitrogen and oxygen atoms in total. The van der Waals surface area contributed by atoms with Crippen molar-refractivity contribution in [3.05, 3.63) is 36.0 Å². The molecule has 0 radical (unpaired) electrons. The van der Waals surface area contributed by atoms with Gasteiger partial charge in [-0.1, -0.05) is 24.3 Å². The van der Waals surface area contributed by atoms with E-state index in [0.717, 1.165) is 6.29 Å². The van der Waals surface area contributed by atoms with Crippen molar-refractivity contribution in [3.63, 3.8) is 0 Å². The van der Waals surface area contributed by atoms with Crippen LogP contribution in [0.3, 0.4) is 0 Å². The van der Waals surface area contributed by atoms with Gasteiger partial charge in [0.25, 0.3) is 0 Å². The first-order chi connectivity index (χ1) is 5.38. The van der Waals surface area contributed by atoms with Crippen molar-refractivity contribution in [2.45, 2.75) is 0 Å². The molecule has 1 aliphatic rings. The fraction of sp³-hybridized carbons (Fsp3) is 0.111. The molecule has 0 aliphatic heterocycles. The zero-order chi connectivity index (χ0) is 8.10. The van der Waals surface area contributed by atoms with Gasteiger partial charge in [0.05, 0.1) is 0 Å². The van der Waals surface area contributed by atoms with Gasteiger partial charge in [-0.3, -0.25) is 9.59 Å². The van der Waals surface area contributed by atoms with Gasteiger partial charge in [0, 0.05) is 11.5 Å². The molecule has 0 aromatic rings. The van der Waals surface area contributed by atoms with Gasteiger partial charge in [-0.2, -0.15) is 0 Å². The van der Waals surface area contributed by atoms with E-state index >= 15 is 0 Å². The largest absolute Gasteiger partial charge is 0.299 e. The van der Waals surface area contributed by atoms with E-state index in [0.29, 0.717) is 11.9 Å². The Kier molecular flexibility index (Phi) is 2.55. The van der Waals surface area contributed by atoms with E-state index in [2.05, 4.69) is 0 Å². The summed E-state index contributed by atoms with van der Waals surface area (Å²) in [5.74, 6) is -0.00213. The number of aldehydes is 2. The summed E-state index contributed by atoms with van der Waals surface area (Å²) in [5, 5.41) is 0. The molecule has 0 saturated carbocycles. The Bertz CT molecular complexity index is 246. The van der Waals surface area contributed by atoms with Crippen LogP contribution in [0.1, 0.15) is 0 Å². The molecule has 0 amide bonds. The lowest BCUT2D eigenvalue weighted by molar-refractivity contribution is -0.105. The first-order valence-electron chi connectivity index (χ1n) is 3.34. The van der Waals surface area contributed by atoms with Crippen LogP contribution in [-0.2, 0) is 9.59 Å². The van der Waals surface area contributed by atoms with Gasteiger partial charge in [-0.15, -0.1) is 0 Å². The van der Waals surface area contributed by atoms with E-state index < -0.39 is 0 Å². The van der Waals surface area contributed by atoms with E-state index in [9.17, 15) is 9.59 Å².